The quantitative estimate of drug-likeness (QED) is 0.608. The van der Waals surface area contributed by atoms with Crippen LogP contribution in [0.1, 0.15) is 17.5 Å². The molecule has 0 bridgehead atoms. The van der Waals surface area contributed by atoms with Crippen LogP contribution in [0.15, 0.2) is 54.6 Å². The van der Waals surface area contributed by atoms with Gasteiger partial charge < -0.3 is 11.1 Å². The Morgan fingerprint density at radius 3 is 2.42 bits per heavy atom. The summed E-state index contributed by atoms with van der Waals surface area (Å²) in [6.07, 6.45) is 5.24. The minimum Gasteiger partial charge on any atom is -0.385 e. The summed E-state index contributed by atoms with van der Waals surface area (Å²) in [5.41, 5.74) is 9.03. The van der Waals surface area contributed by atoms with Gasteiger partial charge in [0.2, 0.25) is 0 Å². The molecule has 2 nitrogen and oxygen atoms in total. The van der Waals surface area contributed by atoms with E-state index in [1.807, 2.05) is 18.2 Å². The topological polar surface area (TPSA) is 38.0 Å². The third-order valence-corrected chi connectivity index (χ3v) is 2.86. The molecule has 0 atom stereocenters. The molecule has 0 aliphatic rings. The van der Waals surface area contributed by atoms with Gasteiger partial charge in [0.15, 0.2) is 0 Å². The molecule has 0 aromatic heterocycles. The second-order valence-electron chi connectivity index (χ2n) is 4.44. The molecule has 2 aromatic carbocycles. The Labute approximate surface area is 115 Å². The van der Waals surface area contributed by atoms with Crippen molar-refractivity contribution in [2.75, 3.05) is 18.4 Å². The average molecular weight is 252 g/mol. The summed E-state index contributed by atoms with van der Waals surface area (Å²) < 4.78 is 0. The highest BCUT2D eigenvalue weighted by Gasteiger charge is 1.93. The summed E-state index contributed by atoms with van der Waals surface area (Å²) in [7, 11) is 0. The minimum atomic E-state index is 0.723. The van der Waals surface area contributed by atoms with E-state index in [4.69, 9.17) is 5.73 Å². The Bertz CT molecular complexity index is 518. The monoisotopic (exact) mass is 252 g/mol. The Balaban J connectivity index is 2.00. The zero-order valence-corrected chi connectivity index (χ0v) is 11.0. The summed E-state index contributed by atoms with van der Waals surface area (Å²) in [6.45, 7) is 1.64. The number of rotatable bonds is 6. The van der Waals surface area contributed by atoms with E-state index in [2.05, 4.69) is 53.9 Å². The molecule has 0 amide bonds. The minimum absolute atomic E-state index is 0.723. The second-order valence-corrected chi connectivity index (χ2v) is 4.44. The zero-order valence-electron chi connectivity index (χ0n) is 11.0. The van der Waals surface area contributed by atoms with Crippen molar-refractivity contribution in [2.24, 2.45) is 5.73 Å². The first-order chi connectivity index (χ1) is 9.38. The van der Waals surface area contributed by atoms with Crippen molar-refractivity contribution in [3.8, 4) is 0 Å². The van der Waals surface area contributed by atoms with Crippen molar-refractivity contribution in [3.05, 3.63) is 65.7 Å². The van der Waals surface area contributed by atoms with Crippen LogP contribution in [0.4, 0.5) is 5.69 Å². The molecule has 0 saturated heterocycles. The van der Waals surface area contributed by atoms with Crippen molar-refractivity contribution in [1.29, 1.82) is 0 Å². The molecule has 2 aromatic rings. The summed E-state index contributed by atoms with van der Waals surface area (Å²) in [4.78, 5) is 0. The molecular formula is C17H20N2. The van der Waals surface area contributed by atoms with Crippen LogP contribution in [0, 0.1) is 0 Å². The van der Waals surface area contributed by atoms with Crippen molar-refractivity contribution < 1.29 is 0 Å². The fraction of sp³-hybridized carbons (Fsp3) is 0.176. The first kappa shape index (κ1) is 13.4. The summed E-state index contributed by atoms with van der Waals surface area (Å²) in [5, 5.41) is 3.37. The zero-order chi connectivity index (χ0) is 13.3. The van der Waals surface area contributed by atoms with Gasteiger partial charge in [0.05, 0.1) is 0 Å². The number of benzene rings is 2. The van der Waals surface area contributed by atoms with Gasteiger partial charge in [-0.2, -0.15) is 0 Å². The van der Waals surface area contributed by atoms with Gasteiger partial charge in [-0.25, -0.2) is 0 Å². The van der Waals surface area contributed by atoms with E-state index >= 15 is 0 Å². The van der Waals surface area contributed by atoms with E-state index < -0.39 is 0 Å². The molecule has 0 aliphatic heterocycles. The molecular weight excluding hydrogens is 232 g/mol. The SMILES string of the molecule is NCCCNc1cccc(/C=C/c2ccccc2)c1. The summed E-state index contributed by atoms with van der Waals surface area (Å²) in [5.74, 6) is 0. The van der Waals surface area contributed by atoms with Gasteiger partial charge in [0.1, 0.15) is 0 Å². The standard InChI is InChI=1S/C17H20N2/c18-12-5-13-19-17-9-4-8-16(14-17)11-10-15-6-2-1-3-7-15/h1-4,6-11,14,19H,5,12-13,18H2/b11-10+. The molecule has 0 radical (unpaired) electrons. The maximum Gasteiger partial charge on any atom is 0.0346 e. The molecule has 98 valence electrons. The fourth-order valence-corrected chi connectivity index (χ4v) is 1.84. The third kappa shape index (κ3) is 4.60. The van der Waals surface area contributed by atoms with Crippen LogP contribution in [0.2, 0.25) is 0 Å². The first-order valence-electron chi connectivity index (χ1n) is 6.65. The van der Waals surface area contributed by atoms with Crippen molar-refractivity contribution >= 4 is 17.8 Å². The normalized spacial score (nSPS) is 10.8. The van der Waals surface area contributed by atoms with Crippen LogP contribution >= 0.6 is 0 Å². The van der Waals surface area contributed by atoms with Gasteiger partial charge in [-0.3, -0.25) is 0 Å². The van der Waals surface area contributed by atoms with Crippen LogP contribution in [0.5, 0.6) is 0 Å². The number of anilines is 1. The maximum absolute atomic E-state index is 5.48. The number of nitrogens with two attached hydrogens (primary N) is 1. The number of hydrogen-bond donors (Lipinski definition) is 2. The fourth-order valence-electron chi connectivity index (χ4n) is 1.84. The molecule has 19 heavy (non-hydrogen) atoms. The molecule has 0 heterocycles. The molecule has 0 saturated carbocycles. The Hall–Kier alpha value is -2.06. The Morgan fingerprint density at radius 1 is 0.895 bits per heavy atom. The lowest BCUT2D eigenvalue weighted by atomic mass is 10.1. The molecule has 0 aliphatic carbocycles. The highest BCUT2D eigenvalue weighted by molar-refractivity contribution is 5.71. The molecule has 2 rings (SSSR count). The smallest absolute Gasteiger partial charge is 0.0346 e. The lowest BCUT2D eigenvalue weighted by Crippen LogP contribution is -2.08. The van der Waals surface area contributed by atoms with Crippen LogP contribution in [0.25, 0.3) is 12.2 Å². The maximum atomic E-state index is 5.48. The van der Waals surface area contributed by atoms with E-state index in [1.54, 1.807) is 0 Å². The van der Waals surface area contributed by atoms with Gasteiger partial charge in [-0.1, -0.05) is 54.6 Å². The third-order valence-electron chi connectivity index (χ3n) is 2.86. The summed E-state index contributed by atoms with van der Waals surface area (Å²) >= 11 is 0. The van der Waals surface area contributed by atoms with Crippen LogP contribution < -0.4 is 11.1 Å². The predicted octanol–water partition coefficient (Wildman–Crippen LogP) is 3.62. The van der Waals surface area contributed by atoms with Crippen LogP contribution in [-0.2, 0) is 0 Å². The highest BCUT2D eigenvalue weighted by atomic mass is 14.9. The van der Waals surface area contributed by atoms with E-state index in [9.17, 15) is 0 Å². The van der Waals surface area contributed by atoms with Crippen molar-refractivity contribution in [1.82, 2.24) is 0 Å². The van der Waals surface area contributed by atoms with E-state index in [1.165, 1.54) is 11.1 Å². The van der Waals surface area contributed by atoms with Gasteiger partial charge >= 0.3 is 0 Å². The van der Waals surface area contributed by atoms with Crippen LogP contribution in [0.3, 0.4) is 0 Å². The Morgan fingerprint density at radius 2 is 1.63 bits per heavy atom. The van der Waals surface area contributed by atoms with Gasteiger partial charge in [0, 0.05) is 12.2 Å². The second kappa shape index (κ2) is 7.39. The van der Waals surface area contributed by atoms with E-state index in [0.29, 0.717) is 0 Å². The lowest BCUT2D eigenvalue weighted by molar-refractivity contribution is 0.874. The van der Waals surface area contributed by atoms with E-state index in [0.717, 1.165) is 25.2 Å². The van der Waals surface area contributed by atoms with Crippen molar-refractivity contribution in [3.63, 3.8) is 0 Å². The molecule has 2 heteroatoms. The average Bonchev–Trinajstić information content (AvgIpc) is 2.47. The predicted molar refractivity (Wildman–Crippen MR) is 84.0 cm³/mol. The molecule has 0 fully saturated rings. The van der Waals surface area contributed by atoms with Gasteiger partial charge in [-0.15, -0.1) is 0 Å². The molecule has 3 N–H and O–H groups in total. The van der Waals surface area contributed by atoms with Crippen molar-refractivity contribution in [2.45, 2.75) is 6.42 Å². The number of nitrogens with one attached hydrogen (secondary N) is 1. The highest BCUT2D eigenvalue weighted by Crippen LogP contribution is 2.13. The number of hydrogen-bond acceptors (Lipinski definition) is 2. The van der Waals surface area contributed by atoms with Gasteiger partial charge in [-0.05, 0) is 36.2 Å². The first-order valence-corrected chi connectivity index (χ1v) is 6.65. The van der Waals surface area contributed by atoms with Crippen LogP contribution in [-0.4, -0.2) is 13.1 Å². The Kier molecular flexibility index (Phi) is 5.20. The molecule has 0 unspecified atom stereocenters. The van der Waals surface area contributed by atoms with Gasteiger partial charge in [0.25, 0.3) is 0 Å². The summed E-state index contributed by atoms with van der Waals surface area (Å²) in [6, 6.07) is 18.7. The molecule has 0 spiro atoms. The largest absolute Gasteiger partial charge is 0.385 e. The van der Waals surface area contributed by atoms with E-state index in [-0.39, 0.29) is 0 Å². The lowest BCUT2D eigenvalue weighted by Gasteiger charge is -2.05.